The fraction of sp³-hybridized carbons (Fsp3) is 0.364. The van der Waals surface area contributed by atoms with E-state index < -0.39 is 0 Å². The van der Waals surface area contributed by atoms with Crippen LogP contribution in [0.2, 0.25) is 5.02 Å². The molecular weight excluding hydrogens is 356 g/mol. The van der Waals surface area contributed by atoms with Crippen molar-refractivity contribution in [2.75, 3.05) is 24.5 Å². The summed E-state index contributed by atoms with van der Waals surface area (Å²) in [4.78, 5) is 9.25. The first-order chi connectivity index (χ1) is 13.2. The second-order valence-corrected chi connectivity index (χ2v) is 7.49. The summed E-state index contributed by atoms with van der Waals surface area (Å²) in [7, 11) is 0. The second-order valence-electron chi connectivity index (χ2n) is 7.05. The van der Waals surface area contributed by atoms with Gasteiger partial charge in [0.25, 0.3) is 0 Å². The maximum Gasteiger partial charge on any atom is 0.146 e. The molecular formula is C22H21ClN4. The van der Waals surface area contributed by atoms with Gasteiger partial charge in [-0.3, -0.25) is 4.90 Å². The zero-order valence-electron chi connectivity index (χ0n) is 15.1. The summed E-state index contributed by atoms with van der Waals surface area (Å²) in [5, 5.41) is 10.1. The molecule has 0 N–H and O–H groups in total. The summed E-state index contributed by atoms with van der Waals surface area (Å²) in [5.41, 5.74) is 1.62. The van der Waals surface area contributed by atoms with Gasteiger partial charge in [-0.2, -0.15) is 5.26 Å². The summed E-state index contributed by atoms with van der Waals surface area (Å²) in [6.07, 6.45) is 5.22. The fourth-order valence-corrected chi connectivity index (χ4v) is 4.26. The Hall–Kier alpha value is -2.53. The maximum absolute atomic E-state index is 9.37. The van der Waals surface area contributed by atoms with E-state index in [1.54, 1.807) is 6.20 Å². The Morgan fingerprint density at radius 2 is 2.07 bits per heavy atom. The molecule has 1 aromatic carbocycles. The van der Waals surface area contributed by atoms with Crippen molar-refractivity contribution >= 4 is 17.4 Å². The van der Waals surface area contributed by atoms with Crippen LogP contribution in [0.25, 0.3) is 0 Å². The second kappa shape index (κ2) is 8.01. The van der Waals surface area contributed by atoms with Crippen molar-refractivity contribution in [3.8, 4) is 17.9 Å². The van der Waals surface area contributed by atoms with E-state index in [4.69, 9.17) is 11.6 Å². The van der Waals surface area contributed by atoms with Crippen LogP contribution in [0, 0.1) is 23.2 Å². The summed E-state index contributed by atoms with van der Waals surface area (Å²) in [6, 6.07) is 14.4. The van der Waals surface area contributed by atoms with E-state index in [-0.39, 0.29) is 6.04 Å². The predicted octanol–water partition coefficient (Wildman–Crippen LogP) is 3.70. The highest BCUT2D eigenvalue weighted by Crippen LogP contribution is 2.29. The Labute approximate surface area is 165 Å². The molecule has 4 rings (SSSR count). The van der Waals surface area contributed by atoms with Gasteiger partial charge in [0.15, 0.2) is 0 Å². The quantitative estimate of drug-likeness (QED) is 0.712. The predicted molar refractivity (Wildman–Crippen MR) is 108 cm³/mol. The standard InChI is InChI=1S/C22H21ClN4/c23-19-6-1-4-17(14-19)9-10-20-7-2-8-21-16-26(12-13-27(20)21)22-18(15-24)5-3-11-25-22/h1,3-6,11,14,20-21H,2,7-8,12-13,16H2/t20-,21+/m1/s1. The van der Waals surface area contributed by atoms with Crippen LogP contribution in [-0.2, 0) is 0 Å². The van der Waals surface area contributed by atoms with Gasteiger partial charge >= 0.3 is 0 Å². The molecule has 0 amide bonds. The van der Waals surface area contributed by atoms with Crippen LogP contribution in [-0.4, -0.2) is 41.6 Å². The lowest BCUT2D eigenvalue weighted by Crippen LogP contribution is -2.58. The Kier molecular flexibility index (Phi) is 5.30. The van der Waals surface area contributed by atoms with Gasteiger partial charge < -0.3 is 4.90 Å². The van der Waals surface area contributed by atoms with Crippen molar-refractivity contribution in [2.24, 2.45) is 0 Å². The van der Waals surface area contributed by atoms with E-state index in [0.717, 1.165) is 42.5 Å². The van der Waals surface area contributed by atoms with Gasteiger partial charge in [0.2, 0.25) is 0 Å². The highest BCUT2D eigenvalue weighted by molar-refractivity contribution is 6.30. The van der Waals surface area contributed by atoms with Gasteiger partial charge in [-0.15, -0.1) is 0 Å². The largest absolute Gasteiger partial charge is 0.353 e. The number of hydrogen-bond donors (Lipinski definition) is 0. The van der Waals surface area contributed by atoms with E-state index in [9.17, 15) is 5.26 Å². The first kappa shape index (κ1) is 17.9. The highest BCUT2D eigenvalue weighted by Gasteiger charge is 2.35. The average molecular weight is 377 g/mol. The third-order valence-corrected chi connectivity index (χ3v) is 5.59. The molecule has 0 radical (unpaired) electrons. The smallest absolute Gasteiger partial charge is 0.146 e. The monoisotopic (exact) mass is 376 g/mol. The van der Waals surface area contributed by atoms with Crippen molar-refractivity contribution in [1.82, 2.24) is 9.88 Å². The molecule has 2 aliphatic heterocycles. The van der Waals surface area contributed by atoms with Crippen molar-refractivity contribution in [2.45, 2.75) is 31.3 Å². The van der Waals surface area contributed by atoms with Gasteiger partial charge in [0.05, 0.1) is 11.6 Å². The molecule has 1 aromatic heterocycles. The van der Waals surface area contributed by atoms with E-state index in [2.05, 4.69) is 32.7 Å². The van der Waals surface area contributed by atoms with Crippen molar-refractivity contribution < 1.29 is 0 Å². The topological polar surface area (TPSA) is 43.2 Å². The molecule has 2 fully saturated rings. The lowest BCUT2D eigenvalue weighted by Gasteiger charge is -2.47. The maximum atomic E-state index is 9.37. The summed E-state index contributed by atoms with van der Waals surface area (Å²) < 4.78 is 0. The molecule has 0 bridgehead atoms. The van der Waals surface area contributed by atoms with Crippen LogP contribution in [0.15, 0.2) is 42.6 Å². The summed E-state index contributed by atoms with van der Waals surface area (Å²) in [5.74, 6) is 7.59. The molecule has 2 atom stereocenters. The minimum absolute atomic E-state index is 0.282. The van der Waals surface area contributed by atoms with E-state index in [1.807, 2.05) is 36.4 Å². The molecule has 2 aromatic rings. The summed E-state index contributed by atoms with van der Waals surface area (Å²) >= 11 is 6.06. The fourth-order valence-electron chi connectivity index (χ4n) is 4.07. The lowest BCUT2D eigenvalue weighted by molar-refractivity contribution is 0.100. The number of halogens is 1. The van der Waals surface area contributed by atoms with Crippen LogP contribution >= 0.6 is 11.6 Å². The number of aromatic nitrogens is 1. The van der Waals surface area contributed by atoms with Crippen molar-refractivity contribution in [3.63, 3.8) is 0 Å². The molecule has 0 aliphatic carbocycles. The van der Waals surface area contributed by atoms with E-state index in [0.29, 0.717) is 11.6 Å². The first-order valence-electron chi connectivity index (χ1n) is 9.37. The van der Waals surface area contributed by atoms with Crippen molar-refractivity contribution in [1.29, 1.82) is 5.26 Å². The van der Waals surface area contributed by atoms with E-state index >= 15 is 0 Å². The molecule has 5 heteroatoms. The molecule has 0 unspecified atom stereocenters. The van der Waals surface area contributed by atoms with Gasteiger partial charge in [-0.05, 0) is 49.6 Å². The Balaban J connectivity index is 1.49. The Bertz CT molecular complexity index is 924. The molecule has 2 saturated heterocycles. The van der Waals surface area contributed by atoms with Crippen LogP contribution in [0.5, 0.6) is 0 Å². The number of nitriles is 1. The number of hydrogen-bond acceptors (Lipinski definition) is 4. The van der Waals surface area contributed by atoms with Crippen LogP contribution in [0.4, 0.5) is 5.82 Å². The minimum Gasteiger partial charge on any atom is -0.353 e. The number of fused-ring (bicyclic) bond motifs is 1. The molecule has 2 aliphatic rings. The minimum atomic E-state index is 0.282. The molecule has 4 nitrogen and oxygen atoms in total. The van der Waals surface area contributed by atoms with Crippen LogP contribution < -0.4 is 4.90 Å². The number of benzene rings is 1. The molecule has 0 spiro atoms. The van der Waals surface area contributed by atoms with Gasteiger partial charge in [-0.1, -0.05) is 29.5 Å². The molecule has 136 valence electrons. The third-order valence-electron chi connectivity index (χ3n) is 5.36. The number of pyridine rings is 1. The SMILES string of the molecule is N#Cc1cccnc1N1CCN2[C@@H](CCC[C@@H]2C#Cc2cccc(Cl)c2)C1. The van der Waals surface area contributed by atoms with Crippen LogP contribution in [0.3, 0.4) is 0 Å². The van der Waals surface area contributed by atoms with Gasteiger partial charge in [0.1, 0.15) is 11.9 Å². The number of anilines is 1. The number of piperidine rings is 1. The molecule has 3 heterocycles. The zero-order chi connectivity index (χ0) is 18.6. The van der Waals surface area contributed by atoms with Gasteiger partial charge in [-0.25, -0.2) is 4.98 Å². The van der Waals surface area contributed by atoms with E-state index in [1.165, 1.54) is 12.8 Å². The molecule has 27 heavy (non-hydrogen) atoms. The molecule has 0 saturated carbocycles. The first-order valence-corrected chi connectivity index (χ1v) is 9.75. The number of rotatable bonds is 1. The Morgan fingerprint density at radius 3 is 2.93 bits per heavy atom. The summed E-state index contributed by atoms with van der Waals surface area (Å²) in [6.45, 7) is 2.72. The Morgan fingerprint density at radius 1 is 1.15 bits per heavy atom. The zero-order valence-corrected chi connectivity index (χ0v) is 15.9. The lowest BCUT2D eigenvalue weighted by atomic mass is 9.93. The van der Waals surface area contributed by atoms with Crippen LogP contribution in [0.1, 0.15) is 30.4 Å². The van der Waals surface area contributed by atoms with Gasteiger partial charge in [0, 0.05) is 42.5 Å². The third kappa shape index (κ3) is 3.93. The normalized spacial score (nSPS) is 22.3. The number of nitrogens with zero attached hydrogens (tertiary/aromatic N) is 4. The number of piperazine rings is 1. The average Bonchev–Trinajstić information content (AvgIpc) is 2.71. The van der Waals surface area contributed by atoms with Crippen molar-refractivity contribution in [3.05, 3.63) is 58.7 Å². The highest BCUT2D eigenvalue weighted by atomic mass is 35.5.